The number of piperazine rings is 1. The molecule has 0 aliphatic carbocycles. The maximum Gasteiger partial charge on any atom is 0.317 e. The fourth-order valence-corrected chi connectivity index (χ4v) is 3.85. The van der Waals surface area contributed by atoms with E-state index in [1.807, 2.05) is 32.0 Å². The minimum absolute atomic E-state index is 0.0677. The second kappa shape index (κ2) is 10.1. The number of ether oxygens (including phenoxy) is 1. The molecule has 1 aliphatic heterocycles. The molecule has 3 aromatic rings. The number of nitrogens with one attached hydrogen (secondary N) is 1. The molecule has 33 heavy (non-hydrogen) atoms. The molecule has 2 aromatic carbocycles. The molecular formula is C23H26ClFN6O2. The van der Waals surface area contributed by atoms with Crippen molar-refractivity contribution >= 4 is 23.3 Å². The molecule has 2 amide bonds. The van der Waals surface area contributed by atoms with Gasteiger partial charge in [-0.1, -0.05) is 17.7 Å². The fourth-order valence-electron chi connectivity index (χ4n) is 3.73. The van der Waals surface area contributed by atoms with Crippen LogP contribution in [0.4, 0.5) is 14.9 Å². The lowest BCUT2D eigenvalue weighted by molar-refractivity contribution is 0.194. The molecule has 2 heterocycles. The molecule has 1 N–H and O–H groups in total. The Hall–Kier alpha value is -3.33. The Morgan fingerprint density at radius 3 is 2.64 bits per heavy atom. The number of aromatic nitrogens is 3. The molecule has 1 aromatic heterocycles. The first kappa shape index (κ1) is 22.8. The van der Waals surface area contributed by atoms with Gasteiger partial charge >= 0.3 is 6.03 Å². The Kier molecular flexibility index (Phi) is 6.98. The number of hydrogen-bond acceptors (Lipinski definition) is 5. The van der Waals surface area contributed by atoms with E-state index in [1.54, 1.807) is 22.0 Å². The standard InChI is InChI=1S/C23H26ClFN6O2/c1-3-33-22-13-18(5-7-21(22)31-15-27-16(2)28-31)29-8-10-30(11-9-29)23(32)26-14-17-4-6-19(24)20(25)12-17/h4-7,12-13,15H,3,8-11,14H2,1-2H3,(H,26,32). The molecule has 8 nitrogen and oxygen atoms in total. The number of aryl methyl sites for hydroxylation is 1. The molecular weight excluding hydrogens is 447 g/mol. The van der Waals surface area contributed by atoms with Crippen LogP contribution in [-0.4, -0.2) is 58.5 Å². The summed E-state index contributed by atoms with van der Waals surface area (Å²) in [7, 11) is 0. The van der Waals surface area contributed by atoms with Gasteiger partial charge < -0.3 is 19.9 Å². The van der Waals surface area contributed by atoms with Crippen LogP contribution in [0, 0.1) is 12.7 Å². The topological polar surface area (TPSA) is 75.5 Å². The third-order valence-corrected chi connectivity index (χ3v) is 5.76. The Morgan fingerprint density at radius 1 is 1.18 bits per heavy atom. The zero-order valence-electron chi connectivity index (χ0n) is 18.6. The average molecular weight is 473 g/mol. The number of rotatable bonds is 6. The fraction of sp³-hybridized carbons (Fsp3) is 0.348. The molecule has 0 bridgehead atoms. The van der Waals surface area contributed by atoms with Gasteiger partial charge in [-0.15, -0.1) is 0 Å². The summed E-state index contributed by atoms with van der Waals surface area (Å²) in [6.45, 7) is 7.10. The van der Waals surface area contributed by atoms with Crippen molar-refractivity contribution in [3.05, 3.63) is 65.0 Å². The van der Waals surface area contributed by atoms with Crippen molar-refractivity contribution in [2.24, 2.45) is 0 Å². The van der Waals surface area contributed by atoms with Gasteiger partial charge in [-0.25, -0.2) is 18.9 Å². The highest BCUT2D eigenvalue weighted by Crippen LogP contribution is 2.29. The van der Waals surface area contributed by atoms with E-state index in [-0.39, 0.29) is 17.6 Å². The van der Waals surface area contributed by atoms with Crippen LogP contribution in [0.2, 0.25) is 5.02 Å². The minimum atomic E-state index is -0.492. The number of hydrogen-bond donors (Lipinski definition) is 1. The number of carbonyl (C=O) groups is 1. The summed E-state index contributed by atoms with van der Waals surface area (Å²) in [4.78, 5) is 20.7. The zero-order valence-corrected chi connectivity index (χ0v) is 19.3. The first-order chi connectivity index (χ1) is 15.9. The number of urea groups is 1. The van der Waals surface area contributed by atoms with Gasteiger partial charge in [-0.2, -0.15) is 5.10 Å². The first-order valence-corrected chi connectivity index (χ1v) is 11.2. The highest BCUT2D eigenvalue weighted by Gasteiger charge is 2.22. The lowest BCUT2D eigenvalue weighted by atomic mass is 10.2. The van der Waals surface area contributed by atoms with Crippen LogP contribution in [0.3, 0.4) is 0 Å². The van der Waals surface area contributed by atoms with E-state index >= 15 is 0 Å². The monoisotopic (exact) mass is 472 g/mol. The second-order valence-electron chi connectivity index (χ2n) is 7.70. The van der Waals surface area contributed by atoms with Crippen LogP contribution in [0.15, 0.2) is 42.7 Å². The van der Waals surface area contributed by atoms with Gasteiger partial charge in [0.05, 0.1) is 11.6 Å². The van der Waals surface area contributed by atoms with Crippen molar-refractivity contribution in [3.63, 3.8) is 0 Å². The summed E-state index contributed by atoms with van der Waals surface area (Å²) in [5.74, 6) is 0.931. The number of amides is 2. The molecule has 0 saturated carbocycles. The van der Waals surface area contributed by atoms with Gasteiger partial charge in [-0.3, -0.25) is 0 Å². The first-order valence-electron chi connectivity index (χ1n) is 10.8. The molecule has 174 valence electrons. The van der Waals surface area contributed by atoms with Crippen LogP contribution < -0.4 is 15.0 Å². The van der Waals surface area contributed by atoms with E-state index in [4.69, 9.17) is 16.3 Å². The van der Waals surface area contributed by atoms with Gasteiger partial charge in [0.2, 0.25) is 0 Å². The third-order valence-electron chi connectivity index (χ3n) is 5.46. The van der Waals surface area contributed by atoms with Crippen LogP contribution in [-0.2, 0) is 6.54 Å². The van der Waals surface area contributed by atoms with E-state index in [0.29, 0.717) is 44.2 Å². The molecule has 4 rings (SSSR count). The van der Waals surface area contributed by atoms with Crippen molar-refractivity contribution < 1.29 is 13.9 Å². The van der Waals surface area contributed by atoms with Crippen molar-refractivity contribution in [1.29, 1.82) is 0 Å². The molecule has 1 saturated heterocycles. The molecule has 0 atom stereocenters. The van der Waals surface area contributed by atoms with Gasteiger partial charge in [-0.05, 0) is 43.7 Å². The van der Waals surface area contributed by atoms with Crippen molar-refractivity contribution in [1.82, 2.24) is 25.0 Å². The number of nitrogens with zero attached hydrogens (tertiary/aromatic N) is 5. The molecule has 10 heteroatoms. The van der Waals surface area contributed by atoms with Crippen LogP contribution in [0.1, 0.15) is 18.3 Å². The summed E-state index contributed by atoms with van der Waals surface area (Å²) >= 11 is 5.71. The van der Waals surface area contributed by atoms with Gasteiger partial charge in [0.15, 0.2) is 0 Å². The largest absolute Gasteiger partial charge is 0.492 e. The van der Waals surface area contributed by atoms with Gasteiger partial charge in [0.25, 0.3) is 0 Å². The predicted octanol–water partition coefficient (Wildman–Crippen LogP) is 3.80. The Morgan fingerprint density at radius 2 is 1.97 bits per heavy atom. The van der Waals surface area contributed by atoms with Crippen LogP contribution in [0.5, 0.6) is 5.75 Å². The normalized spacial score (nSPS) is 13.8. The van der Waals surface area contributed by atoms with E-state index in [9.17, 15) is 9.18 Å². The lowest BCUT2D eigenvalue weighted by Crippen LogP contribution is -2.51. The lowest BCUT2D eigenvalue weighted by Gasteiger charge is -2.36. The minimum Gasteiger partial charge on any atom is -0.492 e. The molecule has 0 radical (unpaired) electrons. The number of benzene rings is 2. The highest BCUT2D eigenvalue weighted by molar-refractivity contribution is 6.30. The van der Waals surface area contributed by atoms with E-state index in [2.05, 4.69) is 20.3 Å². The summed E-state index contributed by atoms with van der Waals surface area (Å²) < 4.78 is 21.1. The van der Waals surface area contributed by atoms with Crippen molar-refractivity contribution in [2.75, 3.05) is 37.7 Å². The van der Waals surface area contributed by atoms with Crippen molar-refractivity contribution in [2.45, 2.75) is 20.4 Å². The van der Waals surface area contributed by atoms with Crippen molar-refractivity contribution in [3.8, 4) is 11.4 Å². The molecule has 0 unspecified atom stereocenters. The van der Waals surface area contributed by atoms with E-state index < -0.39 is 5.82 Å². The Bertz CT molecular complexity index is 1130. The maximum absolute atomic E-state index is 13.6. The summed E-state index contributed by atoms with van der Waals surface area (Å²) in [6, 6.07) is 10.4. The molecule has 1 fully saturated rings. The number of anilines is 1. The SMILES string of the molecule is CCOc1cc(N2CCN(C(=O)NCc3ccc(Cl)c(F)c3)CC2)ccc1-n1cnc(C)n1. The van der Waals surface area contributed by atoms with E-state index in [1.165, 1.54) is 12.1 Å². The number of halogens is 2. The number of carbonyl (C=O) groups excluding carboxylic acids is 1. The van der Waals surface area contributed by atoms with Gasteiger partial charge in [0.1, 0.15) is 29.4 Å². The summed E-state index contributed by atoms with van der Waals surface area (Å²) in [5.41, 5.74) is 2.52. The van der Waals surface area contributed by atoms with Crippen LogP contribution in [0.25, 0.3) is 5.69 Å². The highest BCUT2D eigenvalue weighted by atomic mass is 35.5. The Balaban J connectivity index is 1.36. The molecule has 0 spiro atoms. The third kappa shape index (κ3) is 5.36. The smallest absolute Gasteiger partial charge is 0.317 e. The summed E-state index contributed by atoms with van der Waals surface area (Å²) in [6.07, 6.45) is 1.67. The van der Waals surface area contributed by atoms with E-state index in [0.717, 1.165) is 17.1 Å². The summed E-state index contributed by atoms with van der Waals surface area (Å²) in [5, 5.41) is 7.29. The predicted molar refractivity (Wildman–Crippen MR) is 125 cm³/mol. The Labute approximate surface area is 196 Å². The maximum atomic E-state index is 13.6. The van der Waals surface area contributed by atoms with Gasteiger partial charge in [0, 0.05) is 44.5 Å². The average Bonchev–Trinajstić information content (AvgIpc) is 3.26. The zero-order chi connectivity index (χ0) is 23.4. The molecule has 1 aliphatic rings. The quantitative estimate of drug-likeness (QED) is 0.590. The van der Waals surface area contributed by atoms with Crippen LogP contribution >= 0.6 is 11.6 Å². The second-order valence-corrected chi connectivity index (χ2v) is 8.11.